The molecule has 3 N–H and O–H groups in total. The molecule has 0 aliphatic heterocycles. The van der Waals surface area contributed by atoms with Crippen LogP contribution in [0.2, 0.25) is 0 Å². The van der Waals surface area contributed by atoms with Crippen molar-refractivity contribution in [1.82, 2.24) is 30.0 Å². The maximum atomic E-state index is 11.1. The monoisotopic (exact) mass is 266 g/mol. The third-order valence-corrected chi connectivity index (χ3v) is 3.30. The lowest BCUT2D eigenvalue weighted by atomic mass is 10.5. The van der Waals surface area contributed by atoms with Crippen LogP contribution >= 0.6 is 7.60 Å². The highest BCUT2D eigenvalue weighted by molar-refractivity contribution is 7.60. The maximum Gasteiger partial charge on any atom is 0.357 e. The second-order valence-electron chi connectivity index (χ2n) is 3.57. The van der Waals surface area contributed by atoms with Gasteiger partial charge >= 0.3 is 7.60 Å². The van der Waals surface area contributed by atoms with Gasteiger partial charge < -0.3 is 14.2 Å². The molecule has 0 saturated carbocycles. The van der Waals surface area contributed by atoms with Crippen LogP contribution in [0.25, 0.3) is 17.2 Å². The predicted molar refractivity (Wildman–Crippen MR) is 60.0 cm³/mol. The second kappa shape index (κ2) is 3.70. The Morgan fingerprint density at radius 1 is 1.28 bits per heavy atom. The van der Waals surface area contributed by atoms with Gasteiger partial charge in [-0.05, 0) is 22.6 Å². The molecule has 0 fully saturated rings. The molecule has 3 rings (SSSR count). The first-order valence-electron chi connectivity index (χ1n) is 4.83. The van der Waals surface area contributed by atoms with Gasteiger partial charge in [0.2, 0.25) is 0 Å². The molecule has 18 heavy (non-hydrogen) atoms. The molecule has 9 nitrogen and oxygen atoms in total. The normalized spacial score (nSPS) is 12.1. The van der Waals surface area contributed by atoms with Gasteiger partial charge in [0.05, 0.1) is 5.30 Å². The van der Waals surface area contributed by atoms with Crippen molar-refractivity contribution >= 4 is 18.5 Å². The van der Waals surface area contributed by atoms with E-state index in [2.05, 4.69) is 25.6 Å². The van der Waals surface area contributed by atoms with E-state index in [0.29, 0.717) is 17.2 Å². The number of imidazole rings is 1. The van der Waals surface area contributed by atoms with Crippen LogP contribution in [-0.2, 0) is 4.57 Å². The number of pyridine rings is 1. The summed E-state index contributed by atoms with van der Waals surface area (Å²) in [4.78, 5) is 22.4. The average molecular weight is 266 g/mol. The van der Waals surface area contributed by atoms with Crippen molar-refractivity contribution in [2.45, 2.75) is 0 Å². The molecular weight excluding hydrogens is 259 g/mol. The topological polar surface area (TPSA) is 129 Å². The highest BCUT2D eigenvalue weighted by atomic mass is 31.2. The van der Waals surface area contributed by atoms with E-state index in [1.54, 1.807) is 6.20 Å². The fourth-order valence-corrected chi connectivity index (χ4v) is 2.08. The third-order valence-electron chi connectivity index (χ3n) is 2.36. The van der Waals surface area contributed by atoms with Crippen molar-refractivity contribution in [3.05, 3.63) is 24.5 Å². The van der Waals surface area contributed by atoms with Crippen LogP contribution in [0.3, 0.4) is 0 Å². The summed E-state index contributed by atoms with van der Waals surface area (Å²) in [5, 5.41) is 13.1. The van der Waals surface area contributed by atoms with E-state index < -0.39 is 7.60 Å². The van der Waals surface area contributed by atoms with Gasteiger partial charge in [-0.15, -0.1) is 5.10 Å². The van der Waals surface area contributed by atoms with Crippen LogP contribution in [0.1, 0.15) is 0 Å². The van der Waals surface area contributed by atoms with Crippen LogP contribution in [0.15, 0.2) is 24.5 Å². The Hall–Kier alpha value is -2.09. The fourth-order valence-electron chi connectivity index (χ4n) is 1.53. The Bertz CT molecular complexity index is 745. The Morgan fingerprint density at radius 3 is 2.78 bits per heavy atom. The Kier molecular flexibility index (Phi) is 2.27. The van der Waals surface area contributed by atoms with Crippen LogP contribution < -0.4 is 5.30 Å². The van der Waals surface area contributed by atoms with E-state index in [4.69, 9.17) is 9.79 Å². The standard InChI is InChI=1S/C8H7N6O3P/c15-18(16,17)5-1-2-7-9-6(4-14(7)3-5)8-10-12-13-11-8/h1-4H,(H2,15,16,17)(H,10,11,12,13). The van der Waals surface area contributed by atoms with Crippen molar-refractivity contribution < 1.29 is 14.4 Å². The Labute approximate surface area is 99.7 Å². The first-order chi connectivity index (χ1) is 8.54. The molecule has 0 atom stereocenters. The summed E-state index contributed by atoms with van der Waals surface area (Å²) >= 11 is 0. The number of rotatable bonds is 2. The van der Waals surface area contributed by atoms with Gasteiger partial charge in [0.15, 0.2) is 5.82 Å². The zero-order valence-electron chi connectivity index (χ0n) is 8.80. The van der Waals surface area contributed by atoms with Gasteiger partial charge in [0.1, 0.15) is 11.3 Å². The SMILES string of the molecule is O=P(O)(O)c1ccc2nc(-c3nnn[nH]3)cn2c1. The van der Waals surface area contributed by atoms with E-state index >= 15 is 0 Å². The van der Waals surface area contributed by atoms with Crippen molar-refractivity contribution in [3.63, 3.8) is 0 Å². The average Bonchev–Trinajstić information content (AvgIpc) is 2.95. The number of tetrazole rings is 1. The number of nitrogens with zero attached hydrogens (tertiary/aromatic N) is 5. The van der Waals surface area contributed by atoms with Crippen molar-refractivity contribution in [2.75, 3.05) is 0 Å². The molecule has 0 aromatic carbocycles. The maximum absolute atomic E-state index is 11.1. The number of fused-ring (bicyclic) bond motifs is 1. The summed E-state index contributed by atoms with van der Waals surface area (Å²) in [7, 11) is -4.27. The lowest BCUT2D eigenvalue weighted by Gasteiger charge is -2.03. The number of nitrogens with one attached hydrogen (secondary N) is 1. The smallest absolute Gasteiger partial charge is 0.321 e. The minimum absolute atomic E-state index is 0.0744. The molecule has 92 valence electrons. The van der Waals surface area contributed by atoms with Crippen LogP contribution in [0.4, 0.5) is 0 Å². The van der Waals surface area contributed by atoms with Crippen LogP contribution in [0, 0.1) is 0 Å². The molecule has 0 aliphatic carbocycles. The molecule has 0 aliphatic rings. The van der Waals surface area contributed by atoms with Gasteiger partial charge in [0, 0.05) is 12.4 Å². The summed E-state index contributed by atoms with van der Waals surface area (Å²) in [5.41, 5.74) is 1.03. The molecule has 0 amide bonds. The third kappa shape index (κ3) is 1.80. The van der Waals surface area contributed by atoms with Crippen molar-refractivity contribution in [3.8, 4) is 11.5 Å². The summed E-state index contributed by atoms with van der Waals surface area (Å²) < 4.78 is 12.6. The van der Waals surface area contributed by atoms with Crippen LogP contribution in [-0.4, -0.2) is 39.8 Å². The van der Waals surface area contributed by atoms with Gasteiger partial charge in [-0.2, -0.15) is 0 Å². The lowest BCUT2D eigenvalue weighted by molar-refractivity contribution is 0.387. The van der Waals surface area contributed by atoms with Gasteiger partial charge in [-0.3, -0.25) is 4.57 Å². The van der Waals surface area contributed by atoms with E-state index in [1.165, 1.54) is 22.7 Å². The summed E-state index contributed by atoms with van der Waals surface area (Å²) in [6.45, 7) is 0. The largest absolute Gasteiger partial charge is 0.357 e. The summed E-state index contributed by atoms with van der Waals surface area (Å²) in [6.07, 6.45) is 2.91. The van der Waals surface area contributed by atoms with Crippen molar-refractivity contribution in [1.29, 1.82) is 0 Å². The minimum Gasteiger partial charge on any atom is -0.321 e. The molecule has 3 aromatic rings. The first-order valence-corrected chi connectivity index (χ1v) is 6.44. The van der Waals surface area contributed by atoms with Crippen molar-refractivity contribution in [2.24, 2.45) is 0 Å². The van der Waals surface area contributed by atoms with E-state index in [0.717, 1.165) is 0 Å². The predicted octanol–water partition coefficient (Wildman–Crippen LogP) is -0.683. The molecule has 0 unspecified atom stereocenters. The number of H-pyrrole nitrogens is 1. The number of hydrogen-bond acceptors (Lipinski definition) is 5. The molecule has 10 heteroatoms. The van der Waals surface area contributed by atoms with Gasteiger partial charge in [-0.25, -0.2) is 10.1 Å². The highest BCUT2D eigenvalue weighted by Gasteiger charge is 2.18. The quantitative estimate of drug-likeness (QED) is 0.524. The zero-order chi connectivity index (χ0) is 12.8. The summed E-state index contributed by atoms with van der Waals surface area (Å²) in [6, 6.07) is 2.85. The molecule has 3 aromatic heterocycles. The number of hydrogen-bond donors (Lipinski definition) is 3. The van der Waals surface area contributed by atoms with E-state index in [9.17, 15) is 4.57 Å². The lowest BCUT2D eigenvalue weighted by Crippen LogP contribution is -2.05. The van der Waals surface area contributed by atoms with Gasteiger partial charge in [0.25, 0.3) is 0 Å². The molecule has 0 bridgehead atoms. The molecule has 0 saturated heterocycles. The van der Waals surface area contributed by atoms with E-state index in [1.807, 2.05) is 0 Å². The summed E-state index contributed by atoms with van der Waals surface area (Å²) in [5.74, 6) is 0.386. The molecule has 3 heterocycles. The van der Waals surface area contributed by atoms with Gasteiger partial charge in [-0.1, -0.05) is 0 Å². The Balaban J connectivity index is 2.16. The van der Waals surface area contributed by atoms with Crippen LogP contribution in [0.5, 0.6) is 0 Å². The van der Waals surface area contributed by atoms with E-state index in [-0.39, 0.29) is 5.30 Å². The first kappa shape index (κ1) is 11.0. The fraction of sp³-hybridized carbons (Fsp3) is 0. The zero-order valence-corrected chi connectivity index (χ0v) is 9.69. The number of aromatic nitrogens is 6. The second-order valence-corrected chi connectivity index (χ2v) is 5.18. The molecular formula is C8H7N6O3P. The minimum atomic E-state index is -4.27. The molecule has 0 spiro atoms. The number of aromatic amines is 1. The highest BCUT2D eigenvalue weighted by Crippen LogP contribution is 2.32. The Morgan fingerprint density at radius 2 is 2.11 bits per heavy atom. The molecule has 0 radical (unpaired) electrons.